The van der Waals surface area contributed by atoms with Crippen molar-refractivity contribution in [1.82, 2.24) is 4.98 Å². The van der Waals surface area contributed by atoms with Crippen molar-refractivity contribution in [2.24, 2.45) is 11.7 Å². The first-order valence-corrected chi connectivity index (χ1v) is 5.21. The van der Waals surface area contributed by atoms with Crippen molar-refractivity contribution in [1.29, 1.82) is 0 Å². The highest BCUT2D eigenvalue weighted by atomic mass is 32.1. The van der Waals surface area contributed by atoms with Gasteiger partial charge in [-0.15, -0.1) is 11.3 Å². The largest absolute Gasteiger partial charge is 0.330 e. The number of hydrogen-bond acceptors (Lipinski definition) is 3. The number of aromatic nitrogens is 1. The van der Waals surface area contributed by atoms with E-state index in [-0.39, 0.29) is 0 Å². The second kappa shape index (κ2) is 4.58. The molecule has 1 aromatic heterocycles. The zero-order valence-corrected chi connectivity index (χ0v) is 8.53. The van der Waals surface area contributed by atoms with Crippen LogP contribution in [0.5, 0.6) is 0 Å². The topological polar surface area (TPSA) is 38.9 Å². The summed E-state index contributed by atoms with van der Waals surface area (Å²) in [6.07, 6.45) is 2.24. The van der Waals surface area contributed by atoms with Gasteiger partial charge in [-0.1, -0.05) is 6.92 Å². The number of hydrogen-bond donors (Lipinski definition) is 1. The normalized spacial score (nSPS) is 13.2. The van der Waals surface area contributed by atoms with Crippen molar-refractivity contribution in [3.63, 3.8) is 0 Å². The molecule has 0 spiro atoms. The van der Waals surface area contributed by atoms with Gasteiger partial charge in [0.15, 0.2) is 0 Å². The quantitative estimate of drug-likeness (QED) is 0.777. The van der Waals surface area contributed by atoms with Crippen LogP contribution in [-0.4, -0.2) is 11.5 Å². The van der Waals surface area contributed by atoms with E-state index < -0.39 is 0 Å². The van der Waals surface area contributed by atoms with Crippen LogP contribution in [0.1, 0.15) is 24.0 Å². The van der Waals surface area contributed by atoms with E-state index in [2.05, 4.69) is 17.3 Å². The molecule has 0 bridgehead atoms. The molecule has 0 aliphatic rings. The van der Waals surface area contributed by atoms with Crippen LogP contribution in [0.2, 0.25) is 0 Å². The van der Waals surface area contributed by atoms with Crippen LogP contribution in [-0.2, 0) is 6.42 Å². The van der Waals surface area contributed by atoms with Crippen LogP contribution < -0.4 is 5.73 Å². The molecule has 1 heterocycles. The van der Waals surface area contributed by atoms with E-state index in [0.717, 1.165) is 25.1 Å². The Hall–Kier alpha value is -0.410. The van der Waals surface area contributed by atoms with Crippen LogP contribution >= 0.6 is 11.3 Å². The molecule has 0 aliphatic carbocycles. The Morgan fingerprint density at radius 3 is 2.92 bits per heavy atom. The van der Waals surface area contributed by atoms with Crippen LogP contribution in [0.3, 0.4) is 0 Å². The molecular formula is C9H16N2S. The summed E-state index contributed by atoms with van der Waals surface area (Å²) in [5.41, 5.74) is 6.66. The molecule has 1 aromatic rings. The van der Waals surface area contributed by atoms with Crippen LogP contribution in [0.15, 0.2) is 5.38 Å². The third kappa shape index (κ3) is 2.91. The zero-order valence-electron chi connectivity index (χ0n) is 7.71. The molecule has 1 unspecified atom stereocenters. The lowest BCUT2D eigenvalue weighted by Gasteiger charge is -2.04. The average Bonchev–Trinajstić information content (AvgIpc) is 2.47. The summed E-state index contributed by atoms with van der Waals surface area (Å²) in [6, 6.07) is 0. The Labute approximate surface area is 77.8 Å². The summed E-state index contributed by atoms with van der Waals surface area (Å²) in [7, 11) is 0. The summed E-state index contributed by atoms with van der Waals surface area (Å²) in [6.45, 7) is 5.00. The third-order valence-electron chi connectivity index (χ3n) is 1.92. The van der Waals surface area contributed by atoms with E-state index in [1.54, 1.807) is 11.3 Å². The van der Waals surface area contributed by atoms with Crippen molar-refractivity contribution in [2.45, 2.75) is 26.7 Å². The summed E-state index contributed by atoms with van der Waals surface area (Å²) in [4.78, 5) is 4.39. The first kappa shape index (κ1) is 9.68. The summed E-state index contributed by atoms with van der Waals surface area (Å²) in [5, 5.41) is 3.34. The monoisotopic (exact) mass is 184 g/mol. The van der Waals surface area contributed by atoms with Gasteiger partial charge in [0.2, 0.25) is 0 Å². The van der Waals surface area contributed by atoms with Gasteiger partial charge in [-0.25, -0.2) is 4.98 Å². The minimum Gasteiger partial charge on any atom is -0.330 e. The average molecular weight is 184 g/mol. The van der Waals surface area contributed by atoms with Crippen LogP contribution in [0, 0.1) is 12.8 Å². The third-order valence-corrected chi connectivity index (χ3v) is 2.95. The number of thiazole rings is 1. The molecule has 2 N–H and O–H groups in total. The minimum absolute atomic E-state index is 0.620. The number of nitrogens with two attached hydrogens (primary N) is 1. The highest BCUT2D eigenvalue weighted by molar-refractivity contribution is 7.09. The second-order valence-corrected chi connectivity index (χ2v) is 4.20. The fourth-order valence-corrected chi connectivity index (χ4v) is 1.80. The standard InChI is InChI=1S/C9H16N2S/c1-7(5-10)3-4-9-11-8(2)6-12-9/h6-7H,3-5,10H2,1-2H3. The molecule has 12 heavy (non-hydrogen) atoms. The SMILES string of the molecule is Cc1csc(CCC(C)CN)n1. The second-order valence-electron chi connectivity index (χ2n) is 3.26. The molecule has 68 valence electrons. The lowest BCUT2D eigenvalue weighted by molar-refractivity contribution is 0.543. The van der Waals surface area contributed by atoms with E-state index in [0.29, 0.717) is 5.92 Å². The van der Waals surface area contributed by atoms with Gasteiger partial charge in [0.05, 0.1) is 5.01 Å². The molecule has 3 heteroatoms. The van der Waals surface area contributed by atoms with Gasteiger partial charge in [-0.2, -0.15) is 0 Å². The van der Waals surface area contributed by atoms with Gasteiger partial charge in [-0.05, 0) is 32.2 Å². The number of rotatable bonds is 4. The lowest BCUT2D eigenvalue weighted by atomic mass is 10.1. The molecule has 0 aliphatic heterocycles. The van der Waals surface area contributed by atoms with Gasteiger partial charge < -0.3 is 5.73 Å². The highest BCUT2D eigenvalue weighted by Gasteiger charge is 2.02. The Bertz CT molecular complexity index is 232. The van der Waals surface area contributed by atoms with Crippen molar-refractivity contribution < 1.29 is 0 Å². The van der Waals surface area contributed by atoms with Crippen molar-refractivity contribution in [3.8, 4) is 0 Å². The van der Waals surface area contributed by atoms with E-state index in [1.165, 1.54) is 5.01 Å². The van der Waals surface area contributed by atoms with Crippen molar-refractivity contribution in [3.05, 3.63) is 16.1 Å². The minimum atomic E-state index is 0.620. The van der Waals surface area contributed by atoms with Gasteiger partial charge in [0, 0.05) is 11.1 Å². The Kier molecular flexibility index (Phi) is 3.69. The first-order valence-electron chi connectivity index (χ1n) is 4.33. The maximum Gasteiger partial charge on any atom is 0.0928 e. The summed E-state index contributed by atoms with van der Waals surface area (Å²) < 4.78 is 0. The highest BCUT2D eigenvalue weighted by Crippen LogP contribution is 2.13. The predicted molar refractivity (Wildman–Crippen MR) is 53.4 cm³/mol. The predicted octanol–water partition coefficient (Wildman–Crippen LogP) is 1.98. The van der Waals surface area contributed by atoms with Crippen molar-refractivity contribution in [2.75, 3.05) is 6.54 Å². The van der Waals surface area contributed by atoms with Gasteiger partial charge in [0.25, 0.3) is 0 Å². The van der Waals surface area contributed by atoms with E-state index in [9.17, 15) is 0 Å². The summed E-state index contributed by atoms with van der Waals surface area (Å²) >= 11 is 1.75. The molecular weight excluding hydrogens is 168 g/mol. The first-order chi connectivity index (χ1) is 5.72. The van der Waals surface area contributed by atoms with Gasteiger partial charge in [0.1, 0.15) is 0 Å². The van der Waals surface area contributed by atoms with Crippen LogP contribution in [0.4, 0.5) is 0 Å². The molecule has 0 fully saturated rings. The van der Waals surface area contributed by atoms with Gasteiger partial charge in [-0.3, -0.25) is 0 Å². The zero-order chi connectivity index (χ0) is 8.97. The number of aryl methyl sites for hydroxylation is 2. The smallest absolute Gasteiger partial charge is 0.0928 e. The molecule has 2 nitrogen and oxygen atoms in total. The van der Waals surface area contributed by atoms with Crippen molar-refractivity contribution >= 4 is 11.3 Å². The Morgan fingerprint density at radius 2 is 2.42 bits per heavy atom. The van der Waals surface area contributed by atoms with E-state index >= 15 is 0 Å². The molecule has 0 radical (unpaired) electrons. The molecule has 0 amide bonds. The molecule has 0 saturated heterocycles. The molecule has 1 atom stereocenters. The van der Waals surface area contributed by atoms with Crippen LogP contribution in [0.25, 0.3) is 0 Å². The molecule has 1 rings (SSSR count). The van der Waals surface area contributed by atoms with E-state index in [4.69, 9.17) is 5.73 Å². The lowest BCUT2D eigenvalue weighted by Crippen LogP contribution is -2.11. The molecule has 0 saturated carbocycles. The fourth-order valence-electron chi connectivity index (χ4n) is 1.01. The maximum absolute atomic E-state index is 5.52. The number of nitrogens with zero attached hydrogens (tertiary/aromatic N) is 1. The summed E-state index contributed by atoms with van der Waals surface area (Å²) in [5.74, 6) is 0.620. The molecule has 0 aromatic carbocycles. The Balaban J connectivity index is 2.33. The fraction of sp³-hybridized carbons (Fsp3) is 0.667. The Morgan fingerprint density at radius 1 is 1.67 bits per heavy atom. The van der Waals surface area contributed by atoms with Gasteiger partial charge >= 0.3 is 0 Å². The maximum atomic E-state index is 5.52. The van der Waals surface area contributed by atoms with E-state index in [1.807, 2.05) is 6.92 Å².